The summed E-state index contributed by atoms with van der Waals surface area (Å²) in [7, 11) is 0. The zero-order valence-corrected chi connectivity index (χ0v) is 13.6. The number of carbonyl (C=O) groups is 2. The molecular formula is C16H22N2O3S. The Kier molecular flexibility index (Phi) is 4.49. The van der Waals surface area contributed by atoms with Gasteiger partial charge in [-0.15, -0.1) is 11.3 Å². The third kappa shape index (κ3) is 3.67. The van der Waals surface area contributed by atoms with Crippen LogP contribution in [0.15, 0.2) is 11.4 Å². The number of hydrogen-bond donors (Lipinski definition) is 2. The molecule has 0 radical (unpaired) electrons. The number of piperidine rings is 1. The van der Waals surface area contributed by atoms with Gasteiger partial charge in [-0.1, -0.05) is 0 Å². The molecule has 22 heavy (non-hydrogen) atoms. The number of nitrogens with zero attached hydrogens (tertiary/aromatic N) is 1. The number of likely N-dealkylation sites (tertiary alicyclic amines) is 1. The van der Waals surface area contributed by atoms with Gasteiger partial charge in [-0.2, -0.15) is 0 Å². The highest BCUT2D eigenvalue weighted by atomic mass is 32.1. The van der Waals surface area contributed by atoms with E-state index >= 15 is 0 Å². The molecule has 1 saturated carbocycles. The predicted molar refractivity (Wildman–Crippen MR) is 84.7 cm³/mol. The lowest BCUT2D eigenvalue weighted by molar-refractivity contribution is -0.145. The van der Waals surface area contributed by atoms with Crippen LogP contribution in [0.4, 0.5) is 0 Å². The zero-order valence-electron chi connectivity index (χ0n) is 12.7. The second-order valence-electron chi connectivity index (χ2n) is 6.47. The summed E-state index contributed by atoms with van der Waals surface area (Å²) < 4.78 is 0. The van der Waals surface area contributed by atoms with Gasteiger partial charge in [-0.05, 0) is 43.2 Å². The number of thiophene rings is 1. The molecule has 2 N–H and O–H groups in total. The van der Waals surface area contributed by atoms with E-state index < -0.39 is 11.9 Å². The van der Waals surface area contributed by atoms with Crippen molar-refractivity contribution in [3.63, 3.8) is 0 Å². The van der Waals surface area contributed by atoms with Crippen LogP contribution in [0.25, 0.3) is 0 Å². The number of carboxylic acids is 1. The lowest BCUT2D eigenvalue weighted by Crippen LogP contribution is -2.48. The van der Waals surface area contributed by atoms with Crippen LogP contribution in [-0.4, -0.2) is 41.0 Å². The molecule has 6 heteroatoms. The minimum absolute atomic E-state index is 0.0290. The maximum absolute atomic E-state index is 12.3. The van der Waals surface area contributed by atoms with Crippen molar-refractivity contribution in [3.05, 3.63) is 21.9 Å². The molecular weight excluding hydrogens is 300 g/mol. The highest BCUT2D eigenvalue weighted by Gasteiger charge is 2.36. The van der Waals surface area contributed by atoms with Crippen molar-refractivity contribution < 1.29 is 14.7 Å². The van der Waals surface area contributed by atoms with Gasteiger partial charge in [0.2, 0.25) is 5.91 Å². The van der Waals surface area contributed by atoms with E-state index in [4.69, 9.17) is 0 Å². The molecule has 1 amide bonds. The smallest absolute Gasteiger partial charge is 0.307 e. The summed E-state index contributed by atoms with van der Waals surface area (Å²) in [6.45, 7) is 3.99. The lowest BCUT2D eigenvalue weighted by Gasteiger charge is -2.35. The van der Waals surface area contributed by atoms with Gasteiger partial charge in [0.1, 0.15) is 0 Å². The van der Waals surface area contributed by atoms with Crippen LogP contribution in [0.3, 0.4) is 0 Å². The average molecular weight is 322 g/mol. The Balaban J connectivity index is 1.67. The van der Waals surface area contributed by atoms with Crippen molar-refractivity contribution in [2.24, 2.45) is 11.8 Å². The summed E-state index contributed by atoms with van der Waals surface area (Å²) in [5, 5.41) is 14.4. The van der Waals surface area contributed by atoms with Gasteiger partial charge in [0.25, 0.3) is 0 Å². The summed E-state index contributed by atoms with van der Waals surface area (Å²) >= 11 is 1.69. The summed E-state index contributed by atoms with van der Waals surface area (Å²) in [4.78, 5) is 27.1. The number of carbonyl (C=O) groups excluding carboxylic acids is 1. The molecule has 1 aromatic rings. The third-order valence-corrected chi connectivity index (χ3v) is 5.51. The molecule has 2 aliphatic rings. The van der Waals surface area contributed by atoms with Gasteiger partial charge in [0.15, 0.2) is 0 Å². The number of rotatable bonds is 5. The number of aliphatic carboxylic acids is 1. The van der Waals surface area contributed by atoms with Crippen molar-refractivity contribution in [2.45, 2.75) is 38.8 Å². The van der Waals surface area contributed by atoms with Gasteiger partial charge >= 0.3 is 5.97 Å². The fourth-order valence-corrected chi connectivity index (χ4v) is 3.95. The van der Waals surface area contributed by atoms with E-state index in [-0.39, 0.29) is 11.8 Å². The fourth-order valence-electron chi connectivity index (χ4n) is 3.00. The number of aryl methyl sites for hydroxylation is 1. The van der Waals surface area contributed by atoms with E-state index in [1.165, 1.54) is 10.4 Å². The van der Waals surface area contributed by atoms with Crippen LogP contribution in [0.5, 0.6) is 0 Å². The number of carboxylic acid groups (broad SMARTS) is 1. The standard InChI is InChI=1S/C16H22N2O3S/c1-10-4-5-22-14(10)9-18-7-11(6-12(8-18)16(20)21)15(19)17-13-2-3-13/h4-5,11-13H,2-3,6-9H2,1H3,(H,17,19)(H,20,21)/t11-,12+/m1/s1. The average Bonchev–Trinajstić information content (AvgIpc) is 3.21. The first-order chi connectivity index (χ1) is 10.5. The molecule has 1 aliphatic heterocycles. The molecule has 2 heterocycles. The summed E-state index contributed by atoms with van der Waals surface area (Å²) in [6.07, 6.45) is 2.56. The van der Waals surface area contributed by atoms with E-state index in [1.54, 1.807) is 11.3 Å². The minimum Gasteiger partial charge on any atom is -0.481 e. The third-order valence-electron chi connectivity index (χ3n) is 4.51. The Labute approximate surface area is 134 Å². The quantitative estimate of drug-likeness (QED) is 0.868. The van der Waals surface area contributed by atoms with Gasteiger partial charge in [0.05, 0.1) is 11.8 Å². The van der Waals surface area contributed by atoms with Crippen molar-refractivity contribution in [3.8, 4) is 0 Å². The van der Waals surface area contributed by atoms with E-state index in [9.17, 15) is 14.7 Å². The number of amides is 1. The summed E-state index contributed by atoms with van der Waals surface area (Å²) in [6, 6.07) is 2.40. The molecule has 1 aliphatic carbocycles. The molecule has 0 bridgehead atoms. The molecule has 2 atom stereocenters. The van der Waals surface area contributed by atoms with Crippen LogP contribution in [0, 0.1) is 18.8 Å². The Bertz CT molecular complexity index is 567. The molecule has 1 saturated heterocycles. The van der Waals surface area contributed by atoms with E-state index in [1.807, 2.05) is 0 Å². The topological polar surface area (TPSA) is 69.6 Å². The number of hydrogen-bond acceptors (Lipinski definition) is 4. The lowest BCUT2D eigenvalue weighted by atomic mass is 9.88. The highest BCUT2D eigenvalue weighted by molar-refractivity contribution is 7.10. The summed E-state index contributed by atoms with van der Waals surface area (Å²) in [5.41, 5.74) is 1.24. The van der Waals surface area contributed by atoms with Crippen LogP contribution in [0.2, 0.25) is 0 Å². The van der Waals surface area contributed by atoms with Crippen molar-refractivity contribution in [1.82, 2.24) is 10.2 Å². The first-order valence-corrected chi connectivity index (χ1v) is 8.69. The molecule has 5 nitrogen and oxygen atoms in total. The van der Waals surface area contributed by atoms with Gasteiger partial charge < -0.3 is 10.4 Å². The SMILES string of the molecule is Cc1ccsc1CN1C[C@@H](C(=O)O)C[C@@H](C(=O)NC2CC2)C1. The van der Waals surface area contributed by atoms with Crippen LogP contribution < -0.4 is 5.32 Å². The first kappa shape index (κ1) is 15.5. The molecule has 2 fully saturated rings. The van der Waals surface area contributed by atoms with Crippen LogP contribution >= 0.6 is 11.3 Å². The largest absolute Gasteiger partial charge is 0.481 e. The Morgan fingerprint density at radius 2 is 2.09 bits per heavy atom. The second kappa shape index (κ2) is 6.38. The van der Waals surface area contributed by atoms with Gasteiger partial charge in [-0.3, -0.25) is 14.5 Å². The monoisotopic (exact) mass is 322 g/mol. The first-order valence-electron chi connectivity index (χ1n) is 7.81. The van der Waals surface area contributed by atoms with Crippen molar-refractivity contribution in [2.75, 3.05) is 13.1 Å². The zero-order chi connectivity index (χ0) is 15.7. The predicted octanol–water partition coefficient (Wildman–Crippen LogP) is 1.86. The van der Waals surface area contributed by atoms with Crippen LogP contribution in [0.1, 0.15) is 29.7 Å². The molecule has 0 unspecified atom stereocenters. The van der Waals surface area contributed by atoms with E-state index in [0.717, 1.165) is 19.4 Å². The van der Waals surface area contributed by atoms with Gasteiger partial charge in [-0.25, -0.2) is 0 Å². The minimum atomic E-state index is -0.795. The Morgan fingerprint density at radius 1 is 1.36 bits per heavy atom. The van der Waals surface area contributed by atoms with E-state index in [0.29, 0.717) is 25.6 Å². The normalized spacial score (nSPS) is 25.9. The maximum Gasteiger partial charge on any atom is 0.307 e. The molecule has 120 valence electrons. The number of nitrogens with one attached hydrogen (secondary N) is 1. The molecule has 0 aromatic carbocycles. The van der Waals surface area contributed by atoms with Crippen LogP contribution in [-0.2, 0) is 16.1 Å². The molecule has 3 rings (SSSR count). The fraction of sp³-hybridized carbons (Fsp3) is 0.625. The molecule has 1 aromatic heterocycles. The Hall–Kier alpha value is -1.40. The summed E-state index contributed by atoms with van der Waals surface area (Å²) in [5.74, 6) is -1.43. The van der Waals surface area contributed by atoms with Crippen molar-refractivity contribution in [1.29, 1.82) is 0 Å². The highest BCUT2D eigenvalue weighted by Crippen LogP contribution is 2.27. The molecule has 0 spiro atoms. The second-order valence-corrected chi connectivity index (χ2v) is 7.47. The van der Waals surface area contributed by atoms with E-state index in [2.05, 4.69) is 28.6 Å². The van der Waals surface area contributed by atoms with Crippen molar-refractivity contribution >= 4 is 23.2 Å². The van der Waals surface area contributed by atoms with Gasteiger partial charge in [0, 0.05) is 30.6 Å². The maximum atomic E-state index is 12.3. The Morgan fingerprint density at radius 3 is 2.68 bits per heavy atom.